The van der Waals surface area contributed by atoms with Gasteiger partial charge in [-0.05, 0) is 47.5 Å². The van der Waals surface area contributed by atoms with Crippen LogP contribution in [0.2, 0.25) is 0 Å². The fraction of sp³-hybridized carbons (Fsp3) is 0.304. The quantitative estimate of drug-likeness (QED) is 0.463. The first-order valence-electron chi connectivity index (χ1n) is 10.3. The van der Waals surface area contributed by atoms with Crippen LogP contribution in [0.25, 0.3) is 17.1 Å². The van der Waals surface area contributed by atoms with E-state index >= 15 is 0 Å². The maximum Gasteiger partial charge on any atom is 0.266 e. The molecule has 2 aliphatic heterocycles. The van der Waals surface area contributed by atoms with E-state index in [0.717, 1.165) is 48.6 Å². The van der Waals surface area contributed by atoms with E-state index in [0.29, 0.717) is 17.5 Å². The highest BCUT2D eigenvalue weighted by atomic mass is 16.5. The summed E-state index contributed by atoms with van der Waals surface area (Å²) >= 11 is 0. The number of nitrogens with zero attached hydrogens (tertiary/aromatic N) is 5. The lowest BCUT2D eigenvalue weighted by atomic mass is 9.78. The zero-order valence-corrected chi connectivity index (χ0v) is 17.1. The smallest absolute Gasteiger partial charge is 0.266 e. The molecule has 0 N–H and O–H groups in total. The van der Waals surface area contributed by atoms with E-state index in [1.54, 1.807) is 6.20 Å². The third kappa shape index (κ3) is 3.02. The molecule has 0 aliphatic carbocycles. The van der Waals surface area contributed by atoms with E-state index < -0.39 is 0 Å². The molecule has 8 heteroatoms. The van der Waals surface area contributed by atoms with Gasteiger partial charge in [-0.1, -0.05) is 12.1 Å². The minimum atomic E-state index is 0.0127. The lowest BCUT2D eigenvalue weighted by Gasteiger charge is -2.54. The summed E-state index contributed by atoms with van der Waals surface area (Å²) in [7, 11) is 0. The van der Waals surface area contributed by atoms with Gasteiger partial charge in [-0.2, -0.15) is 4.98 Å². The Kier molecular flexibility index (Phi) is 3.97. The van der Waals surface area contributed by atoms with Gasteiger partial charge >= 0.3 is 0 Å². The first-order valence-corrected chi connectivity index (χ1v) is 10.3. The normalized spacial score (nSPS) is 17.0. The fourth-order valence-corrected chi connectivity index (χ4v) is 4.34. The van der Waals surface area contributed by atoms with Gasteiger partial charge in [0.1, 0.15) is 11.3 Å². The molecule has 0 bridgehead atoms. The van der Waals surface area contributed by atoms with Crippen molar-refractivity contribution in [2.24, 2.45) is 5.41 Å². The van der Waals surface area contributed by atoms with Crippen LogP contribution in [0.15, 0.2) is 53.3 Å². The van der Waals surface area contributed by atoms with Crippen LogP contribution in [0, 0.1) is 12.3 Å². The number of aromatic nitrogens is 4. The number of ether oxygens (including phenoxy) is 1. The van der Waals surface area contributed by atoms with Crippen molar-refractivity contribution in [1.29, 1.82) is 0 Å². The van der Waals surface area contributed by atoms with Gasteiger partial charge in [0.25, 0.3) is 11.8 Å². The second-order valence-electron chi connectivity index (χ2n) is 8.56. The Bertz CT molecular complexity index is 1300. The number of aryl methyl sites for hydroxylation is 1. The maximum atomic E-state index is 13.0. The zero-order chi connectivity index (χ0) is 21.0. The van der Waals surface area contributed by atoms with Crippen LogP contribution in [0.3, 0.4) is 0 Å². The molecule has 1 aromatic carbocycles. The van der Waals surface area contributed by atoms with E-state index in [2.05, 4.69) is 20.0 Å². The SMILES string of the molecule is Cc1ccc(-c2nc(N3CC4(COC4)C3)no2)cc1CC(=O)c1cnc2ccccn12. The Hall–Kier alpha value is -3.52. The standard InChI is InChI=1S/C23H21N5O3/c1-15-5-6-16(21-25-22(26-31-21)27-11-23(12-27)13-30-14-23)8-17(15)9-19(29)18-10-24-20-4-2-3-7-28(18)20/h2-8,10H,9,11-14H2,1H3. The third-order valence-electron chi connectivity index (χ3n) is 6.22. The molecule has 6 rings (SSSR count). The number of Topliss-reactive ketones (excluding diaryl/α,β-unsaturated/α-hetero) is 1. The van der Waals surface area contributed by atoms with Gasteiger partial charge in [-0.25, -0.2) is 4.98 Å². The molecule has 2 aliphatic rings. The number of hydrogen-bond acceptors (Lipinski definition) is 7. The van der Waals surface area contributed by atoms with Crippen LogP contribution < -0.4 is 4.90 Å². The number of imidazole rings is 1. The number of fused-ring (bicyclic) bond motifs is 1. The number of carbonyl (C=O) groups is 1. The summed E-state index contributed by atoms with van der Waals surface area (Å²) in [6, 6.07) is 11.6. The number of pyridine rings is 1. The van der Waals surface area contributed by atoms with Gasteiger partial charge < -0.3 is 14.2 Å². The molecular weight excluding hydrogens is 394 g/mol. The Morgan fingerprint density at radius 1 is 1.19 bits per heavy atom. The van der Waals surface area contributed by atoms with Gasteiger partial charge in [0.05, 0.1) is 24.8 Å². The summed E-state index contributed by atoms with van der Waals surface area (Å²) in [5.74, 6) is 1.08. The van der Waals surface area contributed by atoms with Crippen LogP contribution in [0.4, 0.5) is 5.95 Å². The molecule has 2 fully saturated rings. The zero-order valence-electron chi connectivity index (χ0n) is 17.1. The molecule has 31 heavy (non-hydrogen) atoms. The van der Waals surface area contributed by atoms with E-state index in [9.17, 15) is 4.79 Å². The Labute approximate surface area is 178 Å². The molecular formula is C23H21N5O3. The number of ketones is 1. The fourth-order valence-electron chi connectivity index (χ4n) is 4.34. The van der Waals surface area contributed by atoms with Gasteiger partial charge in [-0.15, -0.1) is 0 Å². The van der Waals surface area contributed by atoms with Crippen LogP contribution >= 0.6 is 0 Å². The highest BCUT2D eigenvalue weighted by Crippen LogP contribution is 2.39. The van der Waals surface area contributed by atoms with E-state index in [1.165, 1.54) is 0 Å². The molecule has 0 atom stereocenters. The molecule has 5 heterocycles. The van der Waals surface area contributed by atoms with Crippen molar-refractivity contribution in [2.75, 3.05) is 31.2 Å². The van der Waals surface area contributed by atoms with Crippen molar-refractivity contribution in [3.05, 3.63) is 65.6 Å². The molecule has 0 saturated carbocycles. The van der Waals surface area contributed by atoms with Crippen molar-refractivity contribution in [3.8, 4) is 11.5 Å². The van der Waals surface area contributed by atoms with Crippen LogP contribution in [-0.2, 0) is 11.2 Å². The van der Waals surface area contributed by atoms with Crippen LogP contribution in [-0.4, -0.2) is 51.6 Å². The summed E-state index contributed by atoms with van der Waals surface area (Å²) in [5, 5.41) is 4.15. The molecule has 4 aromatic rings. The Morgan fingerprint density at radius 3 is 2.87 bits per heavy atom. The molecule has 0 radical (unpaired) electrons. The highest BCUT2D eigenvalue weighted by Gasteiger charge is 2.50. The summed E-state index contributed by atoms with van der Waals surface area (Å²) in [4.78, 5) is 24.0. The average Bonchev–Trinajstić information content (AvgIpc) is 3.35. The predicted molar refractivity (Wildman–Crippen MR) is 113 cm³/mol. The lowest BCUT2D eigenvalue weighted by Crippen LogP contribution is -2.66. The molecule has 2 saturated heterocycles. The second-order valence-corrected chi connectivity index (χ2v) is 8.56. The van der Waals surface area contributed by atoms with E-state index in [-0.39, 0.29) is 17.6 Å². The molecule has 156 valence electrons. The number of benzene rings is 1. The number of anilines is 1. The first kappa shape index (κ1) is 18.3. The van der Waals surface area contributed by atoms with Gasteiger partial charge in [0.15, 0.2) is 5.78 Å². The molecule has 0 amide bonds. The number of hydrogen-bond donors (Lipinski definition) is 0. The van der Waals surface area contributed by atoms with Crippen LogP contribution in [0.1, 0.15) is 21.6 Å². The molecule has 0 unspecified atom stereocenters. The minimum absolute atomic E-state index is 0.0127. The maximum absolute atomic E-state index is 13.0. The van der Waals surface area contributed by atoms with Crippen molar-refractivity contribution < 1.29 is 14.1 Å². The largest absolute Gasteiger partial charge is 0.380 e. The monoisotopic (exact) mass is 415 g/mol. The van der Waals surface area contributed by atoms with Gasteiger partial charge in [0.2, 0.25) is 0 Å². The van der Waals surface area contributed by atoms with Crippen molar-refractivity contribution >= 4 is 17.4 Å². The number of rotatable bonds is 5. The molecule has 3 aromatic heterocycles. The van der Waals surface area contributed by atoms with Crippen LogP contribution in [0.5, 0.6) is 0 Å². The summed E-state index contributed by atoms with van der Waals surface area (Å²) in [5.41, 5.74) is 4.41. The molecule has 8 nitrogen and oxygen atoms in total. The van der Waals surface area contributed by atoms with Crippen molar-refractivity contribution in [1.82, 2.24) is 19.5 Å². The third-order valence-corrected chi connectivity index (χ3v) is 6.22. The minimum Gasteiger partial charge on any atom is -0.380 e. The topological polar surface area (TPSA) is 85.8 Å². The lowest BCUT2D eigenvalue weighted by molar-refractivity contribution is -0.127. The number of carbonyl (C=O) groups excluding carboxylic acids is 1. The Balaban J connectivity index is 1.23. The second kappa shape index (κ2) is 6.75. The predicted octanol–water partition coefficient (Wildman–Crippen LogP) is 2.95. The van der Waals surface area contributed by atoms with Gasteiger partial charge in [-0.3, -0.25) is 9.20 Å². The van der Waals surface area contributed by atoms with E-state index in [4.69, 9.17) is 9.26 Å². The van der Waals surface area contributed by atoms with E-state index in [1.807, 2.05) is 53.9 Å². The summed E-state index contributed by atoms with van der Waals surface area (Å²) in [6.07, 6.45) is 3.76. The Morgan fingerprint density at radius 2 is 2.06 bits per heavy atom. The van der Waals surface area contributed by atoms with Crippen molar-refractivity contribution in [3.63, 3.8) is 0 Å². The first-order chi connectivity index (χ1) is 15.1. The van der Waals surface area contributed by atoms with Gasteiger partial charge in [0, 0.05) is 31.3 Å². The molecule has 1 spiro atoms. The highest BCUT2D eigenvalue weighted by molar-refractivity contribution is 5.97. The van der Waals surface area contributed by atoms with Crippen molar-refractivity contribution in [2.45, 2.75) is 13.3 Å². The summed E-state index contributed by atoms with van der Waals surface area (Å²) in [6.45, 7) is 5.43. The summed E-state index contributed by atoms with van der Waals surface area (Å²) < 4.78 is 12.7. The average molecular weight is 415 g/mol.